The van der Waals surface area contributed by atoms with Crippen molar-refractivity contribution in [1.29, 1.82) is 0 Å². The lowest BCUT2D eigenvalue weighted by Gasteiger charge is -2.12. The molecule has 140 valence electrons. The average molecular weight is 382 g/mol. The predicted molar refractivity (Wildman–Crippen MR) is 93.3 cm³/mol. The Balaban J connectivity index is 2.07. The number of nitrogens with one attached hydrogen (secondary N) is 1. The van der Waals surface area contributed by atoms with E-state index in [1.54, 1.807) is 24.3 Å². The standard InChI is InChI=1S/C16H18N2O7S/c1-23-13-5-3-4-6-14(13)25-10-9-17-26(21,22)16-11-12(18(19)20)7-8-15(16)24-2/h3-8,11,17H,9-10H2,1-2H3. The van der Waals surface area contributed by atoms with Gasteiger partial charge in [-0.1, -0.05) is 12.1 Å². The molecule has 1 N–H and O–H groups in total. The number of benzene rings is 2. The SMILES string of the molecule is COc1ccccc1OCCNS(=O)(=O)c1cc([N+](=O)[O-])ccc1OC. The smallest absolute Gasteiger partial charge is 0.271 e. The van der Waals surface area contributed by atoms with E-state index in [9.17, 15) is 18.5 Å². The zero-order valence-electron chi connectivity index (χ0n) is 14.2. The van der Waals surface area contributed by atoms with Gasteiger partial charge in [-0.3, -0.25) is 10.1 Å². The summed E-state index contributed by atoms with van der Waals surface area (Å²) in [6.07, 6.45) is 0. The van der Waals surface area contributed by atoms with Gasteiger partial charge in [-0.15, -0.1) is 0 Å². The van der Waals surface area contributed by atoms with Gasteiger partial charge in [-0.05, 0) is 18.2 Å². The largest absolute Gasteiger partial charge is 0.495 e. The maximum absolute atomic E-state index is 12.4. The van der Waals surface area contributed by atoms with Crippen LogP contribution in [0.1, 0.15) is 0 Å². The first-order valence-electron chi connectivity index (χ1n) is 7.47. The fourth-order valence-electron chi connectivity index (χ4n) is 2.14. The van der Waals surface area contributed by atoms with Crippen LogP contribution in [0.2, 0.25) is 0 Å². The number of ether oxygens (including phenoxy) is 3. The van der Waals surface area contributed by atoms with E-state index in [4.69, 9.17) is 14.2 Å². The van der Waals surface area contributed by atoms with Gasteiger partial charge in [0.2, 0.25) is 10.0 Å². The lowest BCUT2D eigenvalue weighted by atomic mass is 10.3. The molecule has 0 aliphatic rings. The molecule has 0 heterocycles. The summed E-state index contributed by atoms with van der Waals surface area (Å²) in [4.78, 5) is 9.88. The van der Waals surface area contributed by atoms with Crippen molar-refractivity contribution in [3.63, 3.8) is 0 Å². The normalized spacial score (nSPS) is 11.0. The summed E-state index contributed by atoms with van der Waals surface area (Å²) < 4.78 is 42.8. The van der Waals surface area contributed by atoms with Gasteiger partial charge in [0.25, 0.3) is 5.69 Å². The molecule has 0 saturated heterocycles. The maximum Gasteiger partial charge on any atom is 0.271 e. The number of non-ortho nitro benzene ring substituents is 1. The Bertz CT molecular complexity index is 884. The molecule has 2 aromatic rings. The zero-order chi connectivity index (χ0) is 19.2. The third kappa shape index (κ3) is 4.61. The average Bonchev–Trinajstić information content (AvgIpc) is 2.64. The second kappa shape index (κ2) is 8.50. The highest BCUT2D eigenvalue weighted by Gasteiger charge is 2.22. The topological polar surface area (TPSA) is 117 Å². The summed E-state index contributed by atoms with van der Waals surface area (Å²) in [5, 5.41) is 10.9. The highest BCUT2D eigenvalue weighted by Crippen LogP contribution is 2.28. The van der Waals surface area contributed by atoms with Gasteiger partial charge < -0.3 is 14.2 Å². The Morgan fingerprint density at radius 3 is 2.31 bits per heavy atom. The van der Waals surface area contributed by atoms with Crippen LogP contribution in [0, 0.1) is 10.1 Å². The molecule has 0 atom stereocenters. The minimum Gasteiger partial charge on any atom is -0.495 e. The van der Waals surface area contributed by atoms with Crippen LogP contribution in [0.4, 0.5) is 5.69 Å². The molecule has 2 rings (SSSR count). The van der Waals surface area contributed by atoms with E-state index in [0.717, 1.165) is 6.07 Å². The second-order valence-electron chi connectivity index (χ2n) is 4.99. The highest BCUT2D eigenvalue weighted by molar-refractivity contribution is 7.89. The van der Waals surface area contributed by atoms with Crippen LogP contribution in [0.3, 0.4) is 0 Å². The van der Waals surface area contributed by atoms with Crippen LogP contribution < -0.4 is 18.9 Å². The van der Waals surface area contributed by atoms with Crippen LogP contribution in [-0.4, -0.2) is 40.7 Å². The molecule has 0 saturated carbocycles. The number of nitrogens with zero attached hydrogens (tertiary/aromatic N) is 1. The number of nitro groups is 1. The van der Waals surface area contributed by atoms with E-state index >= 15 is 0 Å². The van der Waals surface area contributed by atoms with E-state index in [1.165, 1.54) is 26.4 Å². The maximum atomic E-state index is 12.4. The number of rotatable bonds is 9. The molecule has 9 nitrogen and oxygen atoms in total. The molecule has 0 aromatic heterocycles. The molecule has 0 amide bonds. The third-order valence-corrected chi connectivity index (χ3v) is 4.85. The van der Waals surface area contributed by atoms with Gasteiger partial charge >= 0.3 is 0 Å². The van der Waals surface area contributed by atoms with Crippen molar-refractivity contribution >= 4 is 15.7 Å². The van der Waals surface area contributed by atoms with Crippen molar-refractivity contribution in [2.45, 2.75) is 4.90 Å². The van der Waals surface area contributed by atoms with Gasteiger partial charge in [0.1, 0.15) is 17.3 Å². The van der Waals surface area contributed by atoms with Crippen molar-refractivity contribution in [2.24, 2.45) is 0 Å². The number of hydrogen-bond donors (Lipinski definition) is 1. The molecular formula is C16H18N2O7S. The first kappa shape index (κ1) is 19.5. The lowest BCUT2D eigenvalue weighted by Crippen LogP contribution is -2.28. The van der Waals surface area contributed by atoms with Crippen LogP contribution in [0.5, 0.6) is 17.2 Å². The van der Waals surface area contributed by atoms with E-state index in [2.05, 4.69) is 4.72 Å². The van der Waals surface area contributed by atoms with Crippen LogP contribution in [-0.2, 0) is 10.0 Å². The number of methoxy groups -OCH3 is 2. The number of para-hydroxylation sites is 2. The van der Waals surface area contributed by atoms with Crippen molar-refractivity contribution in [2.75, 3.05) is 27.4 Å². The molecule has 26 heavy (non-hydrogen) atoms. The predicted octanol–water partition coefficient (Wildman–Crippen LogP) is 1.97. The van der Waals surface area contributed by atoms with Crippen molar-refractivity contribution in [3.05, 3.63) is 52.6 Å². The van der Waals surface area contributed by atoms with Gasteiger partial charge in [-0.2, -0.15) is 0 Å². The van der Waals surface area contributed by atoms with Crippen LogP contribution in [0.15, 0.2) is 47.4 Å². The molecule has 0 spiro atoms. The summed E-state index contributed by atoms with van der Waals surface area (Å²) in [5.74, 6) is 1.01. The van der Waals surface area contributed by atoms with E-state index in [-0.39, 0.29) is 29.5 Å². The van der Waals surface area contributed by atoms with E-state index in [1.807, 2.05) is 0 Å². The first-order chi connectivity index (χ1) is 12.4. The highest BCUT2D eigenvalue weighted by atomic mass is 32.2. The van der Waals surface area contributed by atoms with Crippen molar-refractivity contribution < 1.29 is 27.6 Å². The molecule has 0 radical (unpaired) electrons. The Morgan fingerprint density at radius 2 is 1.69 bits per heavy atom. The van der Waals surface area contributed by atoms with Gasteiger partial charge in [0.05, 0.1) is 19.1 Å². The number of sulfonamides is 1. The Kier molecular flexibility index (Phi) is 6.36. The fraction of sp³-hybridized carbons (Fsp3) is 0.250. The van der Waals surface area contributed by atoms with Crippen LogP contribution in [0.25, 0.3) is 0 Å². The quantitative estimate of drug-likeness (QED) is 0.400. The molecule has 0 aliphatic heterocycles. The summed E-state index contributed by atoms with van der Waals surface area (Å²) in [5.41, 5.74) is -0.351. The number of nitro benzene ring substituents is 1. The summed E-state index contributed by atoms with van der Waals surface area (Å²) >= 11 is 0. The Labute approximate surface area is 150 Å². The summed E-state index contributed by atoms with van der Waals surface area (Å²) in [6.45, 7) is -0.0108. The third-order valence-electron chi connectivity index (χ3n) is 3.37. The van der Waals surface area contributed by atoms with Crippen LogP contribution >= 0.6 is 0 Å². The molecule has 0 aliphatic carbocycles. The van der Waals surface area contributed by atoms with E-state index < -0.39 is 14.9 Å². The molecule has 10 heteroatoms. The molecule has 2 aromatic carbocycles. The Morgan fingerprint density at radius 1 is 1.04 bits per heavy atom. The lowest BCUT2D eigenvalue weighted by molar-refractivity contribution is -0.385. The monoisotopic (exact) mass is 382 g/mol. The Hall–Kier alpha value is -2.85. The molecule has 0 bridgehead atoms. The molecule has 0 fully saturated rings. The number of hydrogen-bond acceptors (Lipinski definition) is 7. The van der Waals surface area contributed by atoms with Gasteiger partial charge in [0, 0.05) is 18.7 Å². The van der Waals surface area contributed by atoms with E-state index in [0.29, 0.717) is 11.5 Å². The zero-order valence-corrected chi connectivity index (χ0v) is 15.0. The summed E-state index contributed by atoms with van der Waals surface area (Å²) in [6, 6.07) is 10.3. The minimum absolute atomic E-state index is 0.00810. The fourth-order valence-corrected chi connectivity index (χ4v) is 3.34. The van der Waals surface area contributed by atoms with Gasteiger partial charge in [-0.25, -0.2) is 13.1 Å². The van der Waals surface area contributed by atoms with Gasteiger partial charge in [0.15, 0.2) is 11.5 Å². The molecular weight excluding hydrogens is 364 g/mol. The molecule has 0 unspecified atom stereocenters. The minimum atomic E-state index is -4.02. The van der Waals surface area contributed by atoms with Crippen molar-refractivity contribution in [3.8, 4) is 17.2 Å². The first-order valence-corrected chi connectivity index (χ1v) is 8.95. The second-order valence-corrected chi connectivity index (χ2v) is 6.72. The van der Waals surface area contributed by atoms with Crippen molar-refractivity contribution in [1.82, 2.24) is 4.72 Å². The summed E-state index contributed by atoms with van der Waals surface area (Å²) in [7, 11) is -1.24.